The highest BCUT2D eigenvalue weighted by atomic mass is 19.1. The summed E-state index contributed by atoms with van der Waals surface area (Å²) in [5, 5.41) is 0. The normalized spacial score (nSPS) is 15.2. The third kappa shape index (κ3) is 3.82. The van der Waals surface area contributed by atoms with Crippen molar-refractivity contribution in [2.24, 2.45) is 5.41 Å². The van der Waals surface area contributed by atoms with Crippen molar-refractivity contribution in [1.29, 1.82) is 0 Å². The number of Topliss-reactive ketones (excluding diaryl/α,β-unsaturated/α-hetero) is 1. The van der Waals surface area contributed by atoms with E-state index in [-0.39, 0.29) is 17.0 Å². The molecule has 0 radical (unpaired) electrons. The minimum Gasteiger partial charge on any atom is -0.493 e. The molecule has 0 fully saturated rings. The van der Waals surface area contributed by atoms with E-state index in [1.165, 1.54) is 12.1 Å². The number of pyridine rings is 1. The fourth-order valence-corrected chi connectivity index (χ4v) is 4.23. The summed E-state index contributed by atoms with van der Waals surface area (Å²) in [5.41, 5.74) is 5.40. The Bertz CT molecular complexity index is 1050. The standard InChI is InChI=1S/C24H25FN2O2/c1-4-29-21-12-17(25)6-5-16(21)11-18-22-19(13-24(2,3)14-20(22)28)27-23(18)15-7-9-26-10-8-15/h5-10,12,27H,4,11,13-14H2,1-3H3. The molecule has 2 aromatic heterocycles. The average Bonchev–Trinajstić information content (AvgIpc) is 3.02. The van der Waals surface area contributed by atoms with Crippen LogP contribution in [0.3, 0.4) is 0 Å². The van der Waals surface area contributed by atoms with Gasteiger partial charge in [0.05, 0.1) is 12.3 Å². The van der Waals surface area contributed by atoms with E-state index < -0.39 is 0 Å². The molecule has 0 atom stereocenters. The van der Waals surface area contributed by atoms with Crippen molar-refractivity contribution in [1.82, 2.24) is 9.97 Å². The van der Waals surface area contributed by atoms with Crippen LogP contribution >= 0.6 is 0 Å². The van der Waals surface area contributed by atoms with Gasteiger partial charge < -0.3 is 9.72 Å². The van der Waals surface area contributed by atoms with Gasteiger partial charge in [0, 0.05) is 48.1 Å². The molecule has 29 heavy (non-hydrogen) atoms. The lowest BCUT2D eigenvalue weighted by Gasteiger charge is -2.28. The SMILES string of the molecule is CCOc1cc(F)ccc1Cc1c(-c2ccncc2)[nH]c2c1C(=O)CC(C)(C)C2. The molecule has 0 saturated heterocycles. The highest BCUT2D eigenvalue weighted by Gasteiger charge is 2.35. The fourth-order valence-electron chi connectivity index (χ4n) is 4.23. The third-order valence-electron chi connectivity index (χ3n) is 5.42. The summed E-state index contributed by atoms with van der Waals surface area (Å²) in [5.74, 6) is 0.343. The van der Waals surface area contributed by atoms with Crippen LogP contribution in [-0.4, -0.2) is 22.4 Å². The zero-order chi connectivity index (χ0) is 20.6. The maximum Gasteiger partial charge on any atom is 0.165 e. The van der Waals surface area contributed by atoms with E-state index in [0.717, 1.165) is 40.1 Å². The molecule has 0 bridgehead atoms. The molecule has 2 heterocycles. The molecule has 4 rings (SSSR count). The molecular weight excluding hydrogens is 367 g/mol. The number of H-pyrrole nitrogens is 1. The summed E-state index contributed by atoms with van der Waals surface area (Å²) in [6.07, 6.45) is 5.31. The molecule has 1 N–H and O–H groups in total. The molecular formula is C24H25FN2O2. The molecule has 5 heteroatoms. The van der Waals surface area contributed by atoms with Crippen LogP contribution in [0.4, 0.5) is 4.39 Å². The molecule has 0 saturated carbocycles. The number of carbonyl (C=O) groups excluding carboxylic acids is 1. The van der Waals surface area contributed by atoms with E-state index in [4.69, 9.17) is 4.74 Å². The smallest absolute Gasteiger partial charge is 0.165 e. The number of aromatic nitrogens is 2. The monoisotopic (exact) mass is 392 g/mol. The average molecular weight is 392 g/mol. The summed E-state index contributed by atoms with van der Waals surface area (Å²) in [7, 11) is 0. The van der Waals surface area contributed by atoms with Gasteiger partial charge in [-0.25, -0.2) is 4.39 Å². The van der Waals surface area contributed by atoms with Crippen LogP contribution in [0.5, 0.6) is 5.75 Å². The van der Waals surface area contributed by atoms with Gasteiger partial charge in [0.25, 0.3) is 0 Å². The largest absolute Gasteiger partial charge is 0.493 e. The van der Waals surface area contributed by atoms with E-state index in [1.807, 2.05) is 19.1 Å². The van der Waals surface area contributed by atoms with Gasteiger partial charge in [-0.05, 0) is 48.1 Å². The highest BCUT2D eigenvalue weighted by molar-refractivity contribution is 6.02. The molecule has 0 aliphatic heterocycles. The predicted octanol–water partition coefficient (Wildman–Crippen LogP) is 5.36. The van der Waals surface area contributed by atoms with Gasteiger partial charge in [-0.2, -0.15) is 0 Å². The second-order valence-electron chi connectivity index (χ2n) is 8.37. The second kappa shape index (κ2) is 7.47. The van der Waals surface area contributed by atoms with Crippen molar-refractivity contribution < 1.29 is 13.9 Å². The van der Waals surface area contributed by atoms with Crippen LogP contribution in [0.15, 0.2) is 42.7 Å². The van der Waals surface area contributed by atoms with Gasteiger partial charge >= 0.3 is 0 Å². The number of carbonyl (C=O) groups is 1. The Balaban J connectivity index is 1.87. The van der Waals surface area contributed by atoms with Crippen molar-refractivity contribution in [2.75, 3.05) is 6.61 Å². The summed E-state index contributed by atoms with van der Waals surface area (Å²) in [4.78, 5) is 20.7. The van der Waals surface area contributed by atoms with Gasteiger partial charge in [0.1, 0.15) is 11.6 Å². The Morgan fingerprint density at radius 3 is 2.66 bits per heavy atom. The van der Waals surface area contributed by atoms with Crippen LogP contribution in [0.1, 0.15) is 54.4 Å². The Morgan fingerprint density at radius 2 is 1.93 bits per heavy atom. The lowest BCUT2D eigenvalue weighted by molar-refractivity contribution is 0.0911. The zero-order valence-corrected chi connectivity index (χ0v) is 17.0. The minimum atomic E-state index is -0.333. The first-order valence-corrected chi connectivity index (χ1v) is 9.96. The van der Waals surface area contributed by atoms with E-state index in [1.54, 1.807) is 18.5 Å². The summed E-state index contributed by atoms with van der Waals surface area (Å²) < 4.78 is 19.4. The molecule has 0 amide bonds. The van der Waals surface area contributed by atoms with E-state index >= 15 is 0 Å². The first-order chi connectivity index (χ1) is 13.9. The number of nitrogens with zero attached hydrogens (tertiary/aromatic N) is 1. The number of nitrogens with one attached hydrogen (secondary N) is 1. The van der Waals surface area contributed by atoms with Gasteiger partial charge in [0.15, 0.2) is 5.78 Å². The third-order valence-corrected chi connectivity index (χ3v) is 5.42. The lowest BCUT2D eigenvalue weighted by atomic mass is 9.75. The van der Waals surface area contributed by atoms with Crippen LogP contribution in [0.25, 0.3) is 11.3 Å². The molecule has 0 spiro atoms. The quantitative estimate of drug-likeness (QED) is 0.636. The maximum atomic E-state index is 13.8. The number of hydrogen-bond acceptors (Lipinski definition) is 3. The predicted molar refractivity (Wildman–Crippen MR) is 111 cm³/mol. The van der Waals surface area contributed by atoms with E-state index in [9.17, 15) is 9.18 Å². The maximum absolute atomic E-state index is 13.8. The Morgan fingerprint density at radius 1 is 1.17 bits per heavy atom. The van der Waals surface area contributed by atoms with Crippen LogP contribution in [-0.2, 0) is 12.8 Å². The summed E-state index contributed by atoms with van der Waals surface area (Å²) in [6, 6.07) is 8.46. The summed E-state index contributed by atoms with van der Waals surface area (Å²) in [6.45, 7) is 6.56. The van der Waals surface area contributed by atoms with Crippen LogP contribution in [0.2, 0.25) is 0 Å². The van der Waals surface area contributed by atoms with Crippen molar-refractivity contribution in [3.05, 3.63) is 70.9 Å². The van der Waals surface area contributed by atoms with Gasteiger partial charge in [-0.3, -0.25) is 9.78 Å². The molecule has 4 nitrogen and oxygen atoms in total. The molecule has 1 aliphatic carbocycles. The molecule has 1 aromatic carbocycles. The first-order valence-electron chi connectivity index (χ1n) is 9.96. The number of ketones is 1. The number of rotatable bonds is 5. The topological polar surface area (TPSA) is 55.0 Å². The Labute approximate surface area is 170 Å². The number of fused-ring (bicyclic) bond motifs is 1. The Hall–Kier alpha value is -2.95. The second-order valence-corrected chi connectivity index (χ2v) is 8.37. The molecule has 3 aromatic rings. The number of hydrogen-bond donors (Lipinski definition) is 1. The number of aromatic amines is 1. The van der Waals surface area contributed by atoms with Crippen LogP contribution in [0, 0.1) is 11.2 Å². The van der Waals surface area contributed by atoms with Gasteiger partial charge in [-0.1, -0.05) is 19.9 Å². The molecule has 1 aliphatic rings. The number of halogens is 1. The van der Waals surface area contributed by atoms with Gasteiger partial charge in [0.2, 0.25) is 0 Å². The van der Waals surface area contributed by atoms with Crippen LogP contribution < -0.4 is 4.74 Å². The highest BCUT2D eigenvalue weighted by Crippen LogP contribution is 2.41. The zero-order valence-electron chi connectivity index (χ0n) is 17.0. The Kier molecular flexibility index (Phi) is 4.99. The first kappa shape index (κ1) is 19.4. The molecule has 150 valence electrons. The fraction of sp³-hybridized carbons (Fsp3) is 0.333. The van der Waals surface area contributed by atoms with Crippen molar-refractivity contribution in [3.8, 4) is 17.0 Å². The minimum absolute atomic E-state index is 0.0753. The molecule has 0 unspecified atom stereocenters. The summed E-state index contributed by atoms with van der Waals surface area (Å²) >= 11 is 0. The lowest BCUT2D eigenvalue weighted by Crippen LogP contribution is -2.27. The van der Waals surface area contributed by atoms with E-state index in [2.05, 4.69) is 23.8 Å². The van der Waals surface area contributed by atoms with Crippen molar-refractivity contribution >= 4 is 5.78 Å². The van der Waals surface area contributed by atoms with Gasteiger partial charge in [-0.15, -0.1) is 0 Å². The van der Waals surface area contributed by atoms with Crippen molar-refractivity contribution in [2.45, 2.75) is 40.0 Å². The van der Waals surface area contributed by atoms with Crippen molar-refractivity contribution in [3.63, 3.8) is 0 Å². The van der Waals surface area contributed by atoms with E-state index in [0.29, 0.717) is 25.2 Å². The number of ether oxygens (including phenoxy) is 1. The number of benzene rings is 1.